The maximum atomic E-state index is 13.1. The number of esters is 1. The summed E-state index contributed by atoms with van der Waals surface area (Å²) >= 11 is 0. The first-order valence-corrected chi connectivity index (χ1v) is 11.2. The average molecular weight is 446 g/mol. The quantitative estimate of drug-likeness (QED) is 0.275. The van der Waals surface area contributed by atoms with Crippen LogP contribution >= 0.6 is 0 Å². The van der Waals surface area contributed by atoms with Gasteiger partial charge in [0.1, 0.15) is 11.9 Å². The molecule has 0 aromatic rings. The molecule has 2 aliphatic heterocycles. The number of hydrogen-bond acceptors (Lipinski definition) is 7. The molecule has 0 aromatic heterocycles. The van der Waals surface area contributed by atoms with E-state index < -0.39 is 47.1 Å². The molecule has 0 aliphatic carbocycles. The minimum Gasteiger partial charge on any atom is -0.458 e. The second kappa shape index (κ2) is 10.2. The van der Waals surface area contributed by atoms with Gasteiger partial charge in [0.25, 0.3) is 0 Å². The third-order valence-electron chi connectivity index (χ3n) is 7.11. The maximum absolute atomic E-state index is 13.1. The Morgan fingerprint density at radius 3 is 2.53 bits per heavy atom. The van der Waals surface area contributed by atoms with E-state index in [4.69, 9.17) is 21.2 Å². The number of Topliss-reactive ketones (excluding diaryl/α,β-unsaturated/α-hetero) is 1. The van der Waals surface area contributed by atoms with Crippen molar-refractivity contribution in [3.63, 3.8) is 0 Å². The Morgan fingerprint density at radius 1 is 1.28 bits per heavy atom. The number of aliphatic hydroxyl groups excluding tert-OH is 2. The predicted octanol–water partition coefficient (Wildman–Crippen LogP) is 2.69. The molecule has 2 aliphatic rings. The van der Waals surface area contributed by atoms with Crippen LogP contribution in [0.2, 0.25) is 0 Å². The molecule has 2 rings (SSSR count). The zero-order valence-corrected chi connectivity index (χ0v) is 19.6. The predicted molar refractivity (Wildman–Crippen MR) is 118 cm³/mol. The highest BCUT2D eigenvalue weighted by Crippen LogP contribution is 2.45. The minimum absolute atomic E-state index is 0.147. The van der Waals surface area contributed by atoms with Crippen molar-refractivity contribution in [1.29, 1.82) is 5.26 Å². The molecule has 0 spiro atoms. The zero-order valence-electron chi connectivity index (χ0n) is 19.6. The Balaban J connectivity index is 2.33. The molecule has 2 fully saturated rings. The van der Waals surface area contributed by atoms with Crippen molar-refractivity contribution in [3.05, 3.63) is 11.6 Å². The number of hydrogen-bond donors (Lipinski definition) is 2. The number of epoxide rings is 1. The Hall–Kier alpha value is -2.19. The maximum Gasteiger partial charge on any atom is 0.309 e. The normalized spacial score (nSPS) is 39.2. The van der Waals surface area contributed by atoms with Crippen LogP contribution in [0.4, 0.5) is 0 Å². The molecule has 0 saturated carbocycles. The molecule has 2 heterocycles. The number of fused-ring (bicyclic) bond motifs is 1. The summed E-state index contributed by atoms with van der Waals surface area (Å²) in [6.07, 6.45) is 5.77. The monoisotopic (exact) mass is 445 g/mol. The van der Waals surface area contributed by atoms with E-state index in [0.29, 0.717) is 31.3 Å². The van der Waals surface area contributed by atoms with E-state index in [1.54, 1.807) is 27.7 Å². The van der Waals surface area contributed by atoms with Crippen molar-refractivity contribution in [2.45, 2.75) is 96.7 Å². The van der Waals surface area contributed by atoms with Crippen molar-refractivity contribution in [1.82, 2.24) is 0 Å². The summed E-state index contributed by atoms with van der Waals surface area (Å²) in [6, 6.07) is 1.95. The first-order chi connectivity index (χ1) is 14.9. The molecule has 2 N–H and O–H groups in total. The van der Waals surface area contributed by atoms with Gasteiger partial charge < -0.3 is 19.7 Å². The van der Waals surface area contributed by atoms with Gasteiger partial charge >= 0.3 is 5.97 Å². The highest BCUT2D eigenvalue weighted by Gasteiger charge is 2.53. The lowest BCUT2D eigenvalue weighted by atomic mass is 9.72. The number of carbonyl (C=O) groups excluding carboxylic acids is 2. The molecular formula is C25H35NO6. The zero-order chi connectivity index (χ0) is 24.3. The largest absolute Gasteiger partial charge is 0.458 e. The van der Waals surface area contributed by atoms with E-state index >= 15 is 0 Å². The van der Waals surface area contributed by atoms with Gasteiger partial charge in [-0.1, -0.05) is 20.8 Å². The van der Waals surface area contributed by atoms with Crippen LogP contribution in [0.5, 0.6) is 0 Å². The van der Waals surface area contributed by atoms with Crippen LogP contribution in [-0.4, -0.2) is 52.0 Å². The van der Waals surface area contributed by atoms with Crippen LogP contribution < -0.4 is 0 Å². The number of nitrogens with zero attached hydrogens (tertiary/aromatic N) is 1. The van der Waals surface area contributed by atoms with Gasteiger partial charge in [-0.05, 0) is 38.7 Å². The van der Waals surface area contributed by atoms with E-state index in [-0.39, 0.29) is 18.3 Å². The summed E-state index contributed by atoms with van der Waals surface area (Å²) in [7, 11) is 0. The number of carbonyl (C=O) groups is 2. The average Bonchev–Trinajstić information content (AvgIpc) is 3.37. The molecule has 7 heteroatoms. The summed E-state index contributed by atoms with van der Waals surface area (Å²) in [5.74, 6) is 0.263. The highest BCUT2D eigenvalue weighted by molar-refractivity contribution is 5.88. The third-order valence-corrected chi connectivity index (χ3v) is 7.11. The van der Waals surface area contributed by atoms with Gasteiger partial charge in [0.2, 0.25) is 0 Å². The van der Waals surface area contributed by atoms with E-state index in [2.05, 4.69) is 5.92 Å². The standard InChI is InChI=1S/C25H35NO6/c1-7-17-9-8-11-25(6)20(32-25)13-18(15(2)10-12-26)31-21(28)14-19(27)24(4,5)23(30)16(3)22(17)29/h1,10,16-20,22,27,29H,8-9,11,13-14H2,2-6H3/b15-10+/t16-,17+,18+,19+,20+,22-,25-/m1/s1. The number of rotatable bonds is 1. The fourth-order valence-corrected chi connectivity index (χ4v) is 4.42. The van der Waals surface area contributed by atoms with E-state index in [9.17, 15) is 19.8 Å². The molecular weight excluding hydrogens is 410 g/mol. The van der Waals surface area contributed by atoms with Gasteiger partial charge in [-0.2, -0.15) is 5.26 Å². The fraction of sp³-hybridized carbons (Fsp3) is 0.720. The van der Waals surface area contributed by atoms with E-state index in [1.807, 2.05) is 13.0 Å². The van der Waals surface area contributed by atoms with Crippen LogP contribution in [0.3, 0.4) is 0 Å². The lowest BCUT2D eigenvalue weighted by Gasteiger charge is -2.34. The molecule has 0 bridgehead atoms. The van der Waals surface area contributed by atoms with Crippen LogP contribution in [0, 0.1) is 40.9 Å². The molecule has 7 atom stereocenters. The first kappa shape index (κ1) is 26.1. The van der Waals surface area contributed by atoms with E-state index in [1.165, 1.54) is 6.08 Å². The molecule has 2 saturated heterocycles. The summed E-state index contributed by atoms with van der Waals surface area (Å²) in [5.41, 5.74) is -1.10. The Labute approximate surface area is 190 Å². The van der Waals surface area contributed by atoms with Gasteiger partial charge in [0.05, 0.1) is 41.8 Å². The summed E-state index contributed by atoms with van der Waals surface area (Å²) < 4.78 is 11.5. The molecule has 176 valence electrons. The molecule has 7 nitrogen and oxygen atoms in total. The van der Waals surface area contributed by atoms with Crippen molar-refractivity contribution in [2.75, 3.05) is 0 Å². The van der Waals surface area contributed by atoms with Crippen LogP contribution in [0.15, 0.2) is 11.6 Å². The number of cyclic esters (lactones) is 1. The lowest BCUT2D eigenvalue weighted by molar-refractivity contribution is -0.154. The smallest absolute Gasteiger partial charge is 0.309 e. The van der Waals surface area contributed by atoms with Gasteiger partial charge in [-0.3, -0.25) is 9.59 Å². The van der Waals surface area contributed by atoms with E-state index in [0.717, 1.165) is 0 Å². The number of allylic oxidation sites excluding steroid dienone is 1. The van der Waals surface area contributed by atoms with Gasteiger partial charge in [0.15, 0.2) is 0 Å². The van der Waals surface area contributed by atoms with Crippen molar-refractivity contribution in [2.24, 2.45) is 17.3 Å². The second-order valence-electron chi connectivity index (χ2n) is 9.90. The number of terminal acetylenes is 1. The molecule has 0 radical (unpaired) electrons. The highest BCUT2D eigenvalue weighted by atomic mass is 16.6. The SMILES string of the molecule is C#C[C@H]1CCC[C@@]2(C)O[C@H]2C[C@@H](/C(C)=C/C#N)OC(=O)C[C@H](O)C(C)(C)C(=O)[C@H](C)[C@H]1O. The number of ketones is 1. The van der Waals surface area contributed by atoms with Crippen LogP contribution in [0.1, 0.15) is 66.7 Å². The summed E-state index contributed by atoms with van der Waals surface area (Å²) in [6.45, 7) is 8.38. The van der Waals surface area contributed by atoms with Crippen molar-refractivity contribution >= 4 is 11.8 Å². The molecule has 32 heavy (non-hydrogen) atoms. The first-order valence-electron chi connectivity index (χ1n) is 11.2. The Bertz CT molecular complexity index is 834. The number of aliphatic hydroxyl groups is 2. The van der Waals surface area contributed by atoms with Gasteiger partial charge in [-0.15, -0.1) is 12.3 Å². The van der Waals surface area contributed by atoms with Gasteiger partial charge in [-0.25, -0.2) is 0 Å². The fourth-order valence-electron chi connectivity index (χ4n) is 4.42. The van der Waals surface area contributed by atoms with Crippen LogP contribution in [0.25, 0.3) is 0 Å². The minimum atomic E-state index is -1.31. The topological polar surface area (TPSA) is 120 Å². The molecule has 0 aromatic carbocycles. The van der Waals surface area contributed by atoms with Crippen molar-refractivity contribution in [3.8, 4) is 18.4 Å². The summed E-state index contributed by atoms with van der Waals surface area (Å²) in [5, 5.41) is 30.5. The van der Waals surface area contributed by atoms with Crippen molar-refractivity contribution < 1.29 is 29.3 Å². The number of ether oxygens (including phenoxy) is 2. The molecule has 0 unspecified atom stereocenters. The molecule has 0 amide bonds. The Kier molecular flexibility index (Phi) is 8.28. The summed E-state index contributed by atoms with van der Waals surface area (Å²) in [4.78, 5) is 25.7. The lowest BCUT2D eigenvalue weighted by Crippen LogP contribution is -2.46. The van der Waals surface area contributed by atoms with Crippen LogP contribution in [-0.2, 0) is 19.1 Å². The van der Waals surface area contributed by atoms with Gasteiger partial charge in [0, 0.05) is 24.3 Å². The number of nitriles is 1. The third kappa shape index (κ3) is 5.78. The Morgan fingerprint density at radius 2 is 1.94 bits per heavy atom. The second-order valence-corrected chi connectivity index (χ2v) is 9.90.